The van der Waals surface area contributed by atoms with E-state index in [0.29, 0.717) is 63.6 Å². The Morgan fingerprint density at radius 1 is 0.855 bits per heavy atom. The fourth-order valence-electron chi connectivity index (χ4n) is 12.5. The third-order valence-corrected chi connectivity index (χ3v) is 16.5. The van der Waals surface area contributed by atoms with Crippen molar-refractivity contribution in [1.82, 2.24) is 15.2 Å². The third-order valence-electron chi connectivity index (χ3n) is 16.5. The van der Waals surface area contributed by atoms with Crippen molar-refractivity contribution in [3.8, 4) is 34.8 Å². The predicted octanol–water partition coefficient (Wildman–Crippen LogP) is 9.69. The molecule has 6 unspecified atom stereocenters. The molecule has 1 fully saturated rings. The van der Waals surface area contributed by atoms with Gasteiger partial charge in [0, 0.05) is 65.3 Å². The molecule has 0 saturated carbocycles. The molecular weight excluding hydrogens is 955 g/mol. The average Bonchev–Trinajstić information content (AvgIpc) is 4.04. The van der Waals surface area contributed by atoms with Crippen molar-refractivity contribution in [3.63, 3.8) is 0 Å². The second-order valence-corrected chi connectivity index (χ2v) is 21.6. The average molecular weight is 1030 g/mol. The van der Waals surface area contributed by atoms with Crippen molar-refractivity contribution >= 4 is 16.6 Å². The lowest BCUT2D eigenvalue weighted by molar-refractivity contribution is 0.00498. The van der Waals surface area contributed by atoms with E-state index in [0.717, 1.165) is 107 Å². The Kier molecular flexibility index (Phi) is 15.8. The number of benzene rings is 5. The molecule has 6 bridgehead atoms. The summed E-state index contributed by atoms with van der Waals surface area (Å²) in [6.45, 7) is 2.56. The van der Waals surface area contributed by atoms with Gasteiger partial charge in [0.2, 0.25) is 0 Å². The van der Waals surface area contributed by atoms with Crippen LogP contribution in [-0.2, 0) is 51.9 Å². The number of fused-ring (bicyclic) bond motifs is 9. The maximum atomic E-state index is 11.7. The lowest BCUT2D eigenvalue weighted by atomic mass is 9.57. The fraction of sp³-hybridized carbons (Fsp3) is 0.406. The Morgan fingerprint density at radius 3 is 2.67 bits per heavy atom. The maximum absolute atomic E-state index is 11.7. The number of phenols is 3. The summed E-state index contributed by atoms with van der Waals surface area (Å²) in [7, 11) is 0. The number of aryl methyl sites for hydroxylation is 3. The predicted molar refractivity (Wildman–Crippen MR) is 294 cm³/mol. The Labute approximate surface area is 446 Å². The number of nitrogens with zero attached hydrogens (tertiary/aromatic N) is 1. The van der Waals surface area contributed by atoms with Gasteiger partial charge in [0.05, 0.1) is 38.8 Å². The summed E-state index contributed by atoms with van der Waals surface area (Å²) >= 11 is 0. The molecule has 76 heavy (non-hydrogen) atoms. The molecule has 6 atom stereocenters. The minimum absolute atomic E-state index is 0.0412. The van der Waals surface area contributed by atoms with E-state index in [4.69, 9.17) is 18.9 Å². The Bertz CT molecular complexity index is 3170. The first-order chi connectivity index (χ1) is 37.2. The molecule has 11 rings (SSSR count). The number of rotatable bonds is 12. The highest BCUT2D eigenvalue weighted by atomic mass is 16.5. The summed E-state index contributed by atoms with van der Waals surface area (Å²) < 4.78 is 28.0. The summed E-state index contributed by atoms with van der Waals surface area (Å²) in [6.07, 6.45) is 14.8. The van der Waals surface area contributed by atoms with E-state index in [2.05, 4.69) is 88.0 Å². The van der Waals surface area contributed by atoms with Crippen LogP contribution in [0.15, 0.2) is 127 Å². The molecule has 0 radical (unpaired) electrons. The number of phenolic OH excluding ortho intramolecular Hbond substituents is 3. The maximum Gasteiger partial charge on any atom is 0.161 e. The van der Waals surface area contributed by atoms with Crippen LogP contribution in [0.5, 0.6) is 23.0 Å². The largest absolute Gasteiger partial charge is 0.508 e. The Balaban J connectivity index is 1.01. The highest BCUT2D eigenvalue weighted by Crippen LogP contribution is 2.52. The summed E-state index contributed by atoms with van der Waals surface area (Å²) in [5.74, 6) is 9.53. The van der Waals surface area contributed by atoms with Crippen LogP contribution in [-0.4, -0.2) is 88.2 Å². The van der Waals surface area contributed by atoms with Gasteiger partial charge in [-0.1, -0.05) is 72.5 Å². The molecular formula is C64H71N3O9. The molecule has 7 N–H and O–H groups in total. The number of aliphatic hydroxyl groups excluding tert-OH is 2. The van der Waals surface area contributed by atoms with Gasteiger partial charge < -0.3 is 54.4 Å². The van der Waals surface area contributed by atoms with E-state index in [9.17, 15) is 25.5 Å². The first-order valence-corrected chi connectivity index (χ1v) is 27.5. The number of aromatic hydroxyl groups is 3. The molecule has 5 heterocycles. The number of dihydropyridines is 1. The smallest absolute Gasteiger partial charge is 0.161 e. The topological polar surface area (TPSA) is 167 Å². The SMILES string of the molecule is OCCCOCNC1C=C2C#CC(CCc3ccc(O)c(Cc4cccc(O)c4)c3)CCCC3CC(O)CCc4ccc(O)c(c4)OCc4cc(C56CCOCC5CCc5ccccc56)cc5cn(cc45)C(=C2CO3)N1. The van der Waals surface area contributed by atoms with Crippen LogP contribution >= 0.6 is 0 Å². The zero-order valence-corrected chi connectivity index (χ0v) is 43.3. The van der Waals surface area contributed by atoms with Crippen LogP contribution in [0.2, 0.25) is 0 Å². The van der Waals surface area contributed by atoms with Gasteiger partial charge in [-0.3, -0.25) is 5.32 Å². The van der Waals surface area contributed by atoms with Crippen molar-refractivity contribution in [2.45, 2.75) is 114 Å². The van der Waals surface area contributed by atoms with E-state index in [1.807, 2.05) is 30.3 Å². The minimum atomic E-state index is -0.629. The van der Waals surface area contributed by atoms with E-state index >= 15 is 0 Å². The van der Waals surface area contributed by atoms with Crippen molar-refractivity contribution in [2.75, 3.05) is 39.8 Å². The monoisotopic (exact) mass is 1030 g/mol. The summed E-state index contributed by atoms with van der Waals surface area (Å²) in [6, 6.07) is 32.2. The van der Waals surface area contributed by atoms with E-state index < -0.39 is 6.10 Å². The molecule has 12 heteroatoms. The van der Waals surface area contributed by atoms with Gasteiger partial charge in [-0.05, 0) is 170 Å². The quantitative estimate of drug-likeness (QED) is 0.0355. The van der Waals surface area contributed by atoms with Gasteiger partial charge in [-0.15, -0.1) is 0 Å². The highest BCUT2D eigenvalue weighted by Gasteiger charge is 2.47. The molecule has 0 amide bonds. The molecule has 396 valence electrons. The standard InChI is InChI=1S/C64H71N3O9/c68-25-5-26-74-41-65-62-34-47-18-14-42(12-13-43-16-22-59(71)48(28-43)29-45-7-3-9-53(69)30-45)6-4-10-55-35-54(70)21-15-44-17-23-60(72)61(31-44)76-38-50-33-52(32-49-36-67(37-56(49)50)63(66-62)57(47)40-75-55)64-24-27-73-39-51(64)20-19-46-8-1-2-11-58(46)64/h1-3,7-9,11,16-17,22-23,28,30-34,36-37,42,51,54-55,62,65-66,68-72H,4-6,10,12-13,15,19-21,24-27,29,35,38-41H2. The number of nitrogens with one attached hydrogen (secondary N) is 2. The number of aromatic nitrogens is 1. The molecule has 1 aromatic heterocycles. The van der Waals surface area contributed by atoms with Crippen LogP contribution < -0.4 is 15.4 Å². The van der Waals surface area contributed by atoms with Gasteiger partial charge in [0.25, 0.3) is 0 Å². The highest BCUT2D eigenvalue weighted by molar-refractivity contribution is 5.88. The number of aliphatic hydroxyl groups is 2. The van der Waals surface area contributed by atoms with Crippen LogP contribution in [0, 0.1) is 23.7 Å². The van der Waals surface area contributed by atoms with Gasteiger partial charge >= 0.3 is 0 Å². The summed E-state index contributed by atoms with van der Waals surface area (Å²) in [5.41, 5.74) is 10.3. The second kappa shape index (κ2) is 23.4. The first-order valence-electron chi connectivity index (χ1n) is 27.5. The van der Waals surface area contributed by atoms with Gasteiger partial charge in [-0.2, -0.15) is 0 Å². The van der Waals surface area contributed by atoms with Crippen LogP contribution in [0.4, 0.5) is 0 Å². The van der Waals surface area contributed by atoms with E-state index in [1.165, 1.54) is 16.7 Å². The molecule has 5 aliphatic rings. The number of ether oxygens (including phenoxy) is 4. The second-order valence-electron chi connectivity index (χ2n) is 21.6. The van der Waals surface area contributed by atoms with Crippen LogP contribution in [0.25, 0.3) is 16.6 Å². The lowest BCUT2D eigenvalue weighted by Gasteiger charge is -2.49. The lowest BCUT2D eigenvalue weighted by Crippen LogP contribution is -2.47. The zero-order valence-electron chi connectivity index (χ0n) is 43.3. The summed E-state index contributed by atoms with van der Waals surface area (Å²) in [4.78, 5) is 0. The van der Waals surface area contributed by atoms with Crippen molar-refractivity contribution < 1.29 is 44.5 Å². The van der Waals surface area contributed by atoms with Crippen LogP contribution in [0.3, 0.4) is 0 Å². The minimum Gasteiger partial charge on any atom is -0.508 e. The van der Waals surface area contributed by atoms with Crippen molar-refractivity contribution in [2.24, 2.45) is 11.8 Å². The fourth-order valence-corrected chi connectivity index (χ4v) is 12.5. The molecule has 0 spiro atoms. The Morgan fingerprint density at radius 2 is 1.76 bits per heavy atom. The molecule has 4 aliphatic heterocycles. The molecule has 1 saturated heterocycles. The van der Waals surface area contributed by atoms with Crippen molar-refractivity contribution in [1.29, 1.82) is 0 Å². The first kappa shape index (κ1) is 51.5. The van der Waals surface area contributed by atoms with Gasteiger partial charge in [0.1, 0.15) is 30.1 Å². The molecule has 12 nitrogen and oxygen atoms in total. The number of hydrogen-bond acceptors (Lipinski definition) is 11. The normalized spacial score (nSPS) is 23.7. The molecule has 1 aliphatic carbocycles. The Hall–Kier alpha value is -6.56. The van der Waals surface area contributed by atoms with Gasteiger partial charge in [0.15, 0.2) is 11.5 Å². The molecule has 6 aromatic rings. The van der Waals surface area contributed by atoms with E-state index in [-0.39, 0.29) is 67.4 Å². The number of hydrogen-bond donors (Lipinski definition) is 7. The van der Waals surface area contributed by atoms with E-state index in [1.54, 1.807) is 24.3 Å². The summed E-state index contributed by atoms with van der Waals surface area (Å²) in [5, 5.41) is 62.9. The molecule has 5 aromatic carbocycles. The van der Waals surface area contributed by atoms with Crippen molar-refractivity contribution in [3.05, 3.63) is 171 Å². The zero-order chi connectivity index (χ0) is 52.0. The van der Waals surface area contributed by atoms with Gasteiger partial charge in [-0.25, -0.2) is 0 Å². The third kappa shape index (κ3) is 11.4. The van der Waals surface area contributed by atoms with Crippen LogP contribution in [0.1, 0.15) is 102 Å².